The molecule has 0 bridgehead atoms. The normalized spacial score (nSPS) is 30.8. The maximum atomic E-state index is 6.05. The molecule has 1 unspecified atom stereocenters. The largest absolute Gasteiger partial charge is 0.353 e. The van der Waals surface area contributed by atoms with Crippen LogP contribution >= 0.6 is 0 Å². The van der Waals surface area contributed by atoms with Crippen molar-refractivity contribution in [1.82, 2.24) is 0 Å². The first-order valence-corrected chi connectivity index (χ1v) is 6.72. The van der Waals surface area contributed by atoms with Gasteiger partial charge < -0.3 is 9.47 Å². The Morgan fingerprint density at radius 3 is 2.07 bits per heavy atom. The van der Waals surface area contributed by atoms with Gasteiger partial charge in [0.1, 0.15) is 0 Å². The summed E-state index contributed by atoms with van der Waals surface area (Å²) < 4.78 is 11.7. The van der Waals surface area contributed by atoms with Crippen LogP contribution in [0.4, 0.5) is 0 Å². The van der Waals surface area contributed by atoms with Gasteiger partial charge in [-0.3, -0.25) is 0 Å². The molecule has 1 aliphatic carbocycles. The van der Waals surface area contributed by atoms with Crippen LogP contribution in [0, 0.1) is 0 Å². The molecule has 1 atom stereocenters. The molecular formula is C13H24O2. The zero-order valence-electron chi connectivity index (χ0n) is 9.75. The lowest BCUT2D eigenvalue weighted by atomic mass is 9.98. The van der Waals surface area contributed by atoms with Gasteiger partial charge in [-0.2, -0.15) is 0 Å². The summed E-state index contributed by atoms with van der Waals surface area (Å²) in [6, 6.07) is 0. The van der Waals surface area contributed by atoms with Crippen LogP contribution in [0.2, 0.25) is 0 Å². The minimum atomic E-state index is 0.114. The Morgan fingerprint density at radius 2 is 1.40 bits per heavy atom. The molecule has 15 heavy (non-hydrogen) atoms. The van der Waals surface area contributed by atoms with Crippen molar-refractivity contribution in [2.75, 3.05) is 6.61 Å². The van der Waals surface area contributed by atoms with Crippen molar-refractivity contribution >= 4 is 0 Å². The molecule has 0 aromatic rings. The van der Waals surface area contributed by atoms with Gasteiger partial charge in [-0.05, 0) is 32.1 Å². The Labute approximate surface area is 93.3 Å². The maximum Gasteiger partial charge on any atom is 0.157 e. The predicted molar refractivity (Wildman–Crippen MR) is 60.8 cm³/mol. The highest BCUT2D eigenvalue weighted by Crippen LogP contribution is 2.23. The summed E-state index contributed by atoms with van der Waals surface area (Å²) in [6.45, 7) is 0.900. The van der Waals surface area contributed by atoms with Gasteiger partial charge in [0.25, 0.3) is 0 Å². The van der Waals surface area contributed by atoms with Crippen molar-refractivity contribution in [3.63, 3.8) is 0 Å². The Hall–Kier alpha value is -0.0800. The first kappa shape index (κ1) is 11.4. The van der Waals surface area contributed by atoms with Crippen LogP contribution in [0.15, 0.2) is 0 Å². The van der Waals surface area contributed by atoms with E-state index in [9.17, 15) is 0 Å². The van der Waals surface area contributed by atoms with Gasteiger partial charge in [0.15, 0.2) is 6.29 Å². The van der Waals surface area contributed by atoms with Crippen molar-refractivity contribution in [3.05, 3.63) is 0 Å². The summed E-state index contributed by atoms with van der Waals surface area (Å²) in [5, 5.41) is 0. The Balaban J connectivity index is 1.70. The van der Waals surface area contributed by atoms with Crippen LogP contribution < -0.4 is 0 Å². The molecule has 2 rings (SSSR count). The van der Waals surface area contributed by atoms with E-state index in [4.69, 9.17) is 9.47 Å². The van der Waals surface area contributed by atoms with Crippen molar-refractivity contribution in [2.45, 2.75) is 76.6 Å². The molecule has 2 heteroatoms. The maximum absolute atomic E-state index is 6.05. The van der Waals surface area contributed by atoms with Gasteiger partial charge >= 0.3 is 0 Å². The lowest BCUT2D eigenvalue weighted by molar-refractivity contribution is -0.191. The van der Waals surface area contributed by atoms with Crippen LogP contribution in [-0.2, 0) is 9.47 Å². The standard InChI is InChI=1S/C13H24O2/c1-2-4-8-12(9-5-3-1)15-13-10-6-7-11-14-13/h12-13H,1-11H2. The van der Waals surface area contributed by atoms with Gasteiger partial charge in [0.2, 0.25) is 0 Å². The van der Waals surface area contributed by atoms with E-state index in [1.54, 1.807) is 0 Å². The highest BCUT2D eigenvalue weighted by atomic mass is 16.7. The Morgan fingerprint density at radius 1 is 0.733 bits per heavy atom. The molecule has 0 radical (unpaired) electrons. The van der Waals surface area contributed by atoms with E-state index in [2.05, 4.69) is 0 Å². The van der Waals surface area contributed by atoms with Crippen LogP contribution in [0.3, 0.4) is 0 Å². The van der Waals surface area contributed by atoms with Crippen LogP contribution in [0.25, 0.3) is 0 Å². The molecule has 2 fully saturated rings. The highest BCUT2D eigenvalue weighted by molar-refractivity contribution is 4.65. The summed E-state index contributed by atoms with van der Waals surface area (Å²) in [5.74, 6) is 0. The van der Waals surface area contributed by atoms with Gasteiger partial charge in [-0.1, -0.05) is 32.1 Å². The fourth-order valence-electron chi connectivity index (χ4n) is 2.59. The molecule has 2 nitrogen and oxygen atoms in total. The number of hydrogen-bond acceptors (Lipinski definition) is 2. The van der Waals surface area contributed by atoms with E-state index in [1.807, 2.05) is 0 Å². The molecule has 1 saturated heterocycles. The van der Waals surface area contributed by atoms with Gasteiger partial charge in [-0.15, -0.1) is 0 Å². The molecule has 0 aromatic carbocycles. The third-order valence-electron chi connectivity index (χ3n) is 3.53. The zero-order valence-corrected chi connectivity index (χ0v) is 9.75. The van der Waals surface area contributed by atoms with E-state index in [0.717, 1.165) is 13.0 Å². The average Bonchev–Trinajstić information content (AvgIpc) is 2.23. The second-order valence-corrected chi connectivity index (χ2v) is 4.90. The summed E-state index contributed by atoms with van der Waals surface area (Å²) in [7, 11) is 0. The molecule has 1 saturated carbocycles. The van der Waals surface area contributed by atoms with Crippen LogP contribution in [-0.4, -0.2) is 19.0 Å². The molecular weight excluding hydrogens is 188 g/mol. The van der Waals surface area contributed by atoms with Crippen molar-refractivity contribution in [2.24, 2.45) is 0 Å². The van der Waals surface area contributed by atoms with Crippen LogP contribution in [0.1, 0.15) is 64.2 Å². The van der Waals surface area contributed by atoms with Crippen molar-refractivity contribution in [1.29, 1.82) is 0 Å². The molecule has 0 aromatic heterocycles. The predicted octanol–water partition coefficient (Wildman–Crippen LogP) is 3.64. The smallest absolute Gasteiger partial charge is 0.157 e. The monoisotopic (exact) mass is 212 g/mol. The molecule has 88 valence electrons. The second kappa shape index (κ2) is 6.49. The summed E-state index contributed by atoms with van der Waals surface area (Å²) in [6.07, 6.45) is 13.6. The third-order valence-corrected chi connectivity index (χ3v) is 3.53. The van der Waals surface area contributed by atoms with Gasteiger partial charge in [-0.25, -0.2) is 0 Å². The zero-order chi connectivity index (χ0) is 10.3. The average molecular weight is 212 g/mol. The van der Waals surface area contributed by atoms with E-state index < -0.39 is 0 Å². The molecule has 1 heterocycles. The highest BCUT2D eigenvalue weighted by Gasteiger charge is 2.20. The quantitative estimate of drug-likeness (QED) is 0.695. The molecule has 1 aliphatic heterocycles. The van der Waals surface area contributed by atoms with Gasteiger partial charge in [0, 0.05) is 6.61 Å². The topological polar surface area (TPSA) is 18.5 Å². The number of ether oxygens (including phenoxy) is 2. The van der Waals surface area contributed by atoms with Gasteiger partial charge in [0.05, 0.1) is 6.10 Å². The van der Waals surface area contributed by atoms with Crippen molar-refractivity contribution in [3.8, 4) is 0 Å². The SMILES string of the molecule is C1CCCC(OC2CCCCO2)CCC1. The first-order chi connectivity index (χ1) is 7.45. The lowest BCUT2D eigenvalue weighted by Gasteiger charge is -2.28. The lowest BCUT2D eigenvalue weighted by Crippen LogP contribution is -2.28. The molecule has 2 aliphatic rings. The Bertz CT molecular complexity index is 156. The minimum absolute atomic E-state index is 0.114. The fourth-order valence-corrected chi connectivity index (χ4v) is 2.59. The third kappa shape index (κ3) is 4.12. The summed E-state index contributed by atoms with van der Waals surface area (Å²) in [4.78, 5) is 0. The first-order valence-electron chi connectivity index (χ1n) is 6.72. The van der Waals surface area contributed by atoms with Crippen molar-refractivity contribution < 1.29 is 9.47 Å². The second-order valence-electron chi connectivity index (χ2n) is 4.90. The van der Waals surface area contributed by atoms with E-state index in [1.165, 1.54) is 57.8 Å². The van der Waals surface area contributed by atoms with Crippen LogP contribution in [0.5, 0.6) is 0 Å². The minimum Gasteiger partial charge on any atom is -0.353 e. The van der Waals surface area contributed by atoms with E-state index in [0.29, 0.717) is 6.10 Å². The molecule has 0 spiro atoms. The fraction of sp³-hybridized carbons (Fsp3) is 1.00. The summed E-state index contributed by atoms with van der Waals surface area (Å²) >= 11 is 0. The molecule has 0 amide bonds. The number of hydrogen-bond donors (Lipinski definition) is 0. The molecule has 0 N–H and O–H groups in total. The Kier molecular flexibility index (Phi) is 4.94. The van der Waals surface area contributed by atoms with E-state index >= 15 is 0 Å². The number of rotatable bonds is 2. The summed E-state index contributed by atoms with van der Waals surface area (Å²) in [5.41, 5.74) is 0. The van der Waals surface area contributed by atoms with E-state index in [-0.39, 0.29) is 6.29 Å².